The molecular weight excluding hydrogens is 348 g/mol. The molecule has 1 amide bonds. The number of carbonyl (C=O) groups excluding carboxylic acids is 2. The molecule has 0 unspecified atom stereocenters. The first-order valence-corrected chi connectivity index (χ1v) is 10.1. The van der Waals surface area contributed by atoms with E-state index in [0.717, 1.165) is 29.8 Å². The highest BCUT2D eigenvalue weighted by molar-refractivity contribution is 5.99. The summed E-state index contributed by atoms with van der Waals surface area (Å²) in [5.74, 6) is 0.142. The molecule has 28 heavy (non-hydrogen) atoms. The van der Waals surface area contributed by atoms with E-state index in [4.69, 9.17) is 0 Å². The van der Waals surface area contributed by atoms with Gasteiger partial charge in [0.25, 0.3) is 0 Å². The van der Waals surface area contributed by atoms with Gasteiger partial charge in [0.1, 0.15) is 0 Å². The Kier molecular flexibility index (Phi) is 6.18. The van der Waals surface area contributed by atoms with E-state index in [0.29, 0.717) is 13.1 Å². The summed E-state index contributed by atoms with van der Waals surface area (Å²) in [6.45, 7) is 11.3. The van der Waals surface area contributed by atoms with Crippen LogP contribution < -0.4 is 4.90 Å². The number of anilines is 1. The van der Waals surface area contributed by atoms with Crippen LogP contribution in [0.3, 0.4) is 0 Å². The lowest BCUT2D eigenvalue weighted by molar-refractivity contribution is -0.131. The summed E-state index contributed by atoms with van der Waals surface area (Å²) in [5, 5.41) is 0. The number of amides is 1. The Morgan fingerprint density at radius 3 is 2.29 bits per heavy atom. The van der Waals surface area contributed by atoms with Gasteiger partial charge in [0.05, 0.1) is 0 Å². The molecule has 3 rings (SSSR count). The molecule has 148 valence electrons. The lowest BCUT2D eigenvalue weighted by atomic mass is 9.99. The number of benzene rings is 2. The van der Waals surface area contributed by atoms with Crippen molar-refractivity contribution in [1.82, 2.24) is 4.90 Å². The molecule has 1 aliphatic heterocycles. The lowest BCUT2D eigenvalue weighted by Crippen LogP contribution is -2.49. The monoisotopic (exact) mass is 378 g/mol. The fraction of sp³-hybridized carbons (Fsp3) is 0.417. The third-order valence-corrected chi connectivity index (χ3v) is 5.81. The lowest BCUT2D eigenvalue weighted by Gasteiger charge is -2.37. The predicted molar refractivity (Wildman–Crippen MR) is 114 cm³/mol. The van der Waals surface area contributed by atoms with Crippen LogP contribution in [0.1, 0.15) is 45.5 Å². The normalized spacial score (nSPS) is 14.3. The standard InChI is InChI=1S/C24H30N2O2/c1-17-8-9-19(3)21(16-17)23(27)10-11-24(28)26-14-12-25(13-15-26)22-7-5-6-18(2)20(22)4/h5-9,16H,10-15H2,1-4H3. The predicted octanol–water partition coefficient (Wildman–Crippen LogP) is 4.23. The van der Waals surface area contributed by atoms with E-state index in [1.807, 2.05) is 36.9 Å². The molecular formula is C24H30N2O2. The van der Waals surface area contributed by atoms with E-state index in [-0.39, 0.29) is 24.5 Å². The first-order valence-electron chi connectivity index (χ1n) is 10.1. The van der Waals surface area contributed by atoms with Gasteiger partial charge in [0, 0.05) is 50.3 Å². The number of carbonyl (C=O) groups is 2. The van der Waals surface area contributed by atoms with Crippen molar-refractivity contribution in [3.05, 3.63) is 64.2 Å². The van der Waals surface area contributed by atoms with Gasteiger partial charge in [-0.25, -0.2) is 0 Å². The SMILES string of the molecule is Cc1ccc(C)c(C(=O)CCC(=O)N2CCN(c3cccc(C)c3C)CC2)c1. The molecule has 4 nitrogen and oxygen atoms in total. The molecule has 0 N–H and O–H groups in total. The molecule has 1 aliphatic rings. The van der Waals surface area contributed by atoms with Crippen molar-refractivity contribution < 1.29 is 9.59 Å². The summed E-state index contributed by atoms with van der Waals surface area (Å²) < 4.78 is 0. The van der Waals surface area contributed by atoms with E-state index >= 15 is 0 Å². The zero-order valence-corrected chi connectivity index (χ0v) is 17.4. The summed E-state index contributed by atoms with van der Waals surface area (Å²) in [5.41, 5.74) is 6.65. The zero-order valence-electron chi connectivity index (χ0n) is 17.4. The van der Waals surface area contributed by atoms with Gasteiger partial charge < -0.3 is 9.80 Å². The van der Waals surface area contributed by atoms with Crippen LogP contribution in [-0.2, 0) is 4.79 Å². The Morgan fingerprint density at radius 2 is 1.57 bits per heavy atom. The fourth-order valence-electron chi connectivity index (χ4n) is 3.82. The minimum absolute atomic E-state index is 0.0589. The molecule has 0 spiro atoms. The molecule has 4 heteroatoms. The topological polar surface area (TPSA) is 40.6 Å². The number of piperazine rings is 1. The minimum atomic E-state index is 0.0589. The molecule has 1 fully saturated rings. The van der Waals surface area contributed by atoms with Crippen LogP contribution in [0.15, 0.2) is 36.4 Å². The quantitative estimate of drug-likeness (QED) is 0.731. The average molecular weight is 379 g/mol. The van der Waals surface area contributed by atoms with Crippen LogP contribution in [0.4, 0.5) is 5.69 Å². The van der Waals surface area contributed by atoms with Gasteiger partial charge >= 0.3 is 0 Å². The third kappa shape index (κ3) is 4.44. The first kappa shape index (κ1) is 20.1. The van der Waals surface area contributed by atoms with Crippen LogP contribution in [0, 0.1) is 27.7 Å². The van der Waals surface area contributed by atoms with Crippen LogP contribution in [0.2, 0.25) is 0 Å². The van der Waals surface area contributed by atoms with E-state index in [2.05, 4.69) is 36.9 Å². The Bertz CT molecular complexity index is 880. The first-order chi connectivity index (χ1) is 13.4. The number of Topliss-reactive ketones (excluding diaryl/α,β-unsaturated/α-hetero) is 1. The van der Waals surface area contributed by atoms with Crippen LogP contribution in [0.25, 0.3) is 0 Å². The van der Waals surface area contributed by atoms with E-state index in [1.165, 1.54) is 16.8 Å². The van der Waals surface area contributed by atoms with E-state index in [9.17, 15) is 9.59 Å². The molecule has 0 saturated carbocycles. The van der Waals surface area contributed by atoms with Crippen LogP contribution in [0.5, 0.6) is 0 Å². The zero-order chi connectivity index (χ0) is 20.3. The van der Waals surface area contributed by atoms with Crippen molar-refractivity contribution in [1.29, 1.82) is 0 Å². The highest BCUT2D eigenvalue weighted by Gasteiger charge is 2.23. The highest BCUT2D eigenvalue weighted by atomic mass is 16.2. The second kappa shape index (κ2) is 8.59. The molecule has 0 aromatic heterocycles. The maximum absolute atomic E-state index is 12.6. The highest BCUT2D eigenvalue weighted by Crippen LogP contribution is 2.24. The summed E-state index contributed by atoms with van der Waals surface area (Å²) in [7, 11) is 0. The molecule has 1 heterocycles. The second-order valence-electron chi connectivity index (χ2n) is 7.83. The number of nitrogens with zero attached hydrogens (tertiary/aromatic N) is 2. The maximum atomic E-state index is 12.6. The number of hydrogen-bond donors (Lipinski definition) is 0. The number of hydrogen-bond acceptors (Lipinski definition) is 3. The molecule has 0 bridgehead atoms. The van der Waals surface area contributed by atoms with E-state index < -0.39 is 0 Å². The Morgan fingerprint density at radius 1 is 0.857 bits per heavy atom. The fourth-order valence-corrected chi connectivity index (χ4v) is 3.82. The van der Waals surface area contributed by atoms with Crippen molar-refractivity contribution in [3.8, 4) is 0 Å². The number of rotatable bonds is 5. The average Bonchev–Trinajstić information content (AvgIpc) is 2.70. The third-order valence-electron chi connectivity index (χ3n) is 5.81. The van der Waals surface area contributed by atoms with E-state index in [1.54, 1.807) is 0 Å². The molecule has 1 saturated heterocycles. The molecule has 2 aromatic carbocycles. The van der Waals surface area contributed by atoms with Crippen molar-refractivity contribution in [2.75, 3.05) is 31.1 Å². The van der Waals surface area contributed by atoms with Crippen molar-refractivity contribution >= 4 is 17.4 Å². The number of aryl methyl sites for hydroxylation is 3. The van der Waals surface area contributed by atoms with Gasteiger partial charge in [0.15, 0.2) is 5.78 Å². The molecule has 0 radical (unpaired) electrons. The van der Waals surface area contributed by atoms with Gasteiger partial charge in [-0.05, 0) is 56.5 Å². The molecule has 0 atom stereocenters. The van der Waals surface area contributed by atoms with Crippen LogP contribution >= 0.6 is 0 Å². The Labute approximate surface area is 168 Å². The minimum Gasteiger partial charge on any atom is -0.368 e. The summed E-state index contributed by atoms with van der Waals surface area (Å²) in [6, 6.07) is 12.3. The summed E-state index contributed by atoms with van der Waals surface area (Å²) >= 11 is 0. The summed E-state index contributed by atoms with van der Waals surface area (Å²) in [4.78, 5) is 29.4. The van der Waals surface area contributed by atoms with Gasteiger partial charge in [-0.3, -0.25) is 9.59 Å². The molecule has 2 aromatic rings. The van der Waals surface area contributed by atoms with Gasteiger partial charge in [-0.2, -0.15) is 0 Å². The van der Waals surface area contributed by atoms with Crippen molar-refractivity contribution in [2.24, 2.45) is 0 Å². The largest absolute Gasteiger partial charge is 0.368 e. The number of ketones is 1. The maximum Gasteiger partial charge on any atom is 0.223 e. The Balaban J connectivity index is 1.53. The van der Waals surface area contributed by atoms with Crippen LogP contribution in [-0.4, -0.2) is 42.8 Å². The van der Waals surface area contributed by atoms with Crippen molar-refractivity contribution in [2.45, 2.75) is 40.5 Å². The van der Waals surface area contributed by atoms with Gasteiger partial charge in [-0.15, -0.1) is 0 Å². The smallest absolute Gasteiger partial charge is 0.223 e. The Hall–Kier alpha value is -2.62. The van der Waals surface area contributed by atoms with Gasteiger partial charge in [-0.1, -0.05) is 29.8 Å². The summed E-state index contributed by atoms with van der Waals surface area (Å²) in [6.07, 6.45) is 0.565. The van der Waals surface area contributed by atoms with Crippen molar-refractivity contribution in [3.63, 3.8) is 0 Å². The second-order valence-corrected chi connectivity index (χ2v) is 7.83. The van der Waals surface area contributed by atoms with Gasteiger partial charge in [0.2, 0.25) is 5.91 Å². The molecule has 0 aliphatic carbocycles.